The summed E-state index contributed by atoms with van der Waals surface area (Å²) in [5.74, 6) is -0.641. The fourth-order valence-electron chi connectivity index (χ4n) is 0.809. The molecule has 0 aliphatic rings. The van der Waals surface area contributed by atoms with E-state index in [9.17, 15) is 13.2 Å². The van der Waals surface area contributed by atoms with Gasteiger partial charge in [-0.1, -0.05) is 0 Å². The summed E-state index contributed by atoms with van der Waals surface area (Å²) in [5.41, 5.74) is 0. The zero-order chi connectivity index (χ0) is 11.9. The second kappa shape index (κ2) is 7.00. The summed E-state index contributed by atoms with van der Waals surface area (Å²) >= 11 is 0. The second-order valence-electron chi connectivity index (χ2n) is 2.57. The van der Waals surface area contributed by atoms with Crippen LogP contribution in [-0.2, 0) is 23.5 Å². The van der Waals surface area contributed by atoms with Crippen LogP contribution in [0.5, 0.6) is 0 Å². The first-order chi connectivity index (χ1) is 6.91. The Balaban J connectivity index is 4.32. The van der Waals surface area contributed by atoms with Crippen molar-refractivity contribution in [3.63, 3.8) is 0 Å². The van der Waals surface area contributed by atoms with Gasteiger partial charge in [-0.3, -0.25) is 4.79 Å². The Labute approximate surface area is 93.6 Å². The Bertz CT molecular complexity index is 292. The number of carbonyl (C=O) groups excluding carboxylic acids is 1. The van der Waals surface area contributed by atoms with E-state index in [0.717, 1.165) is 4.31 Å². The van der Waals surface area contributed by atoms with E-state index in [-0.39, 0.29) is 19.8 Å². The molecule has 90 valence electrons. The third-order valence-corrected chi connectivity index (χ3v) is 2.98. The van der Waals surface area contributed by atoms with E-state index in [2.05, 4.69) is 4.74 Å². The smallest absolute Gasteiger partial charge is 0.321 e. The number of carbonyl (C=O) groups is 1. The maximum absolute atomic E-state index is 11.0. The molecule has 6 nitrogen and oxygen atoms in total. The van der Waals surface area contributed by atoms with Crippen LogP contribution in [0.25, 0.3) is 0 Å². The summed E-state index contributed by atoms with van der Waals surface area (Å²) in [6.07, 6.45) is 0. The second-order valence-corrected chi connectivity index (χ2v) is 5.08. The maximum Gasteiger partial charge on any atom is 0.321 e. The minimum Gasteiger partial charge on any atom is -0.465 e. The van der Waals surface area contributed by atoms with Gasteiger partial charge >= 0.3 is 5.97 Å². The Morgan fingerprint density at radius 1 is 1.47 bits per heavy atom. The maximum atomic E-state index is 11.0. The molecule has 0 aliphatic heterocycles. The average molecular weight is 260 g/mol. The molecular formula is C7H14ClNO5S. The summed E-state index contributed by atoms with van der Waals surface area (Å²) in [7, 11) is 2.61. The number of nitrogens with zero attached hydrogens (tertiary/aromatic N) is 1. The standard InChI is InChI=1S/C7H14ClNO5S/c1-3-14-7(10)6-9(4-5-13-2)15(8,11)12/h3-6H2,1-2H3. The quantitative estimate of drug-likeness (QED) is 0.475. The SMILES string of the molecule is CCOC(=O)CN(CCOC)S(=O)(=O)Cl. The van der Waals surface area contributed by atoms with E-state index < -0.39 is 21.8 Å². The van der Waals surface area contributed by atoms with Gasteiger partial charge in [0.25, 0.3) is 9.24 Å². The van der Waals surface area contributed by atoms with E-state index in [0.29, 0.717) is 0 Å². The lowest BCUT2D eigenvalue weighted by atomic mass is 10.6. The lowest BCUT2D eigenvalue weighted by Gasteiger charge is -2.16. The van der Waals surface area contributed by atoms with Crippen molar-refractivity contribution in [2.75, 3.05) is 33.4 Å². The number of hydrogen-bond donors (Lipinski definition) is 0. The number of esters is 1. The average Bonchev–Trinajstić information content (AvgIpc) is 2.10. The summed E-state index contributed by atoms with van der Waals surface area (Å²) in [6.45, 7) is 1.60. The minimum atomic E-state index is -3.93. The molecule has 0 spiro atoms. The molecule has 0 aromatic heterocycles. The molecule has 0 amide bonds. The van der Waals surface area contributed by atoms with Crippen molar-refractivity contribution in [1.82, 2.24) is 4.31 Å². The highest BCUT2D eigenvalue weighted by molar-refractivity contribution is 8.11. The number of rotatable bonds is 7. The van der Waals surface area contributed by atoms with E-state index in [1.165, 1.54) is 7.11 Å². The molecular weight excluding hydrogens is 246 g/mol. The van der Waals surface area contributed by atoms with Crippen molar-refractivity contribution in [2.24, 2.45) is 0 Å². The van der Waals surface area contributed by atoms with Crippen molar-refractivity contribution in [2.45, 2.75) is 6.92 Å². The van der Waals surface area contributed by atoms with Crippen LogP contribution in [0.3, 0.4) is 0 Å². The van der Waals surface area contributed by atoms with Gasteiger partial charge in [0.1, 0.15) is 6.54 Å². The Kier molecular flexibility index (Phi) is 6.82. The van der Waals surface area contributed by atoms with E-state index in [4.69, 9.17) is 15.4 Å². The van der Waals surface area contributed by atoms with Crippen LogP contribution in [0.15, 0.2) is 0 Å². The van der Waals surface area contributed by atoms with Crippen LogP contribution < -0.4 is 0 Å². The van der Waals surface area contributed by atoms with E-state index in [1.807, 2.05) is 0 Å². The molecule has 0 aliphatic carbocycles. The zero-order valence-electron chi connectivity index (χ0n) is 8.60. The van der Waals surface area contributed by atoms with Crippen LogP contribution in [0.1, 0.15) is 6.92 Å². The third-order valence-electron chi connectivity index (χ3n) is 1.46. The van der Waals surface area contributed by atoms with Gasteiger partial charge in [-0.25, -0.2) is 0 Å². The van der Waals surface area contributed by atoms with Gasteiger partial charge in [0, 0.05) is 24.3 Å². The van der Waals surface area contributed by atoms with Gasteiger partial charge < -0.3 is 9.47 Å². The first-order valence-corrected chi connectivity index (χ1v) is 6.52. The van der Waals surface area contributed by atoms with Crippen molar-refractivity contribution in [3.05, 3.63) is 0 Å². The summed E-state index contributed by atoms with van der Waals surface area (Å²) in [5, 5.41) is 0. The largest absolute Gasteiger partial charge is 0.465 e. The third kappa shape index (κ3) is 6.67. The lowest BCUT2D eigenvalue weighted by Crippen LogP contribution is -2.36. The molecule has 0 N–H and O–H groups in total. The number of halogens is 1. The lowest BCUT2D eigenvalue weighted by molar-refractivity contribution is -0.143. The van der Waals surface area contributed by atoms with Gasteiger partial charge in [0.15, 0.2) is 0 Å². The molecule has 0 fully saturated rings. The van der Waals surface area contributed by atoms with Crippen LogP contribution in [0, 0.1) is 0 Å². The molecule has 0 saturated carbocycles. The molecule has 0 aromatic carbocycles. The molecule has 8 heteroatoms. The number of ether oxygens (including phenoxy) is 2. The predicted octanol–water partition coefficient (Wildman–Crippen LogP) is -0.0185. The number of hydrogen-bond acceptors (Lipinski definition) is 5. The molecule has 0 unspecified atom stereocenters. The molecule has 0 rings (SSSR count). The van der Waals surface area contributed by atoms with Crippen LogP contribution in [0.4, 0.5) is 0 Å². The molecule has 0 radical (unpaired) electrons. The number of methoxy groups -OCH3 is 1. The fourth-order valence-corrected chi connectivity index (χ4v) is 1.71. The topological polar surface area (TPSA) is 72.9 Å². The van der Waals surface area contributed by atoms with Crippen molar-refractivity contribution in [1.29, 1.82) is 0 Å². The monoisotopic (exact) mass is 259 g/mol. The predicted molar refractivity (Wildman–Crippen MR) is 54.9 cm³/mol. The Morgan fingerprint density at radius 3 is 2.47 bits per heavy atom. The molecule has 0 saturated heterocycles. The summed E-state index contributed by atoms with van der Waals surface area (Å²) < 4.78 is 32.1. The van der Waals surface area contributed by atoms with Gasteiger partial charge in [-0.2, -0.15) is 12.7 Å². The molecule has 0 heterocycles. The molecule has 15 heavy (non-hydrogen) atoms. The van der Waals surface area contributed by atoms with Crippen LogP contribution >= 0.6 is 10.7 Å². The molecule has 0 bridgehead atoms. The van der Waals surface area contributed by atoms with Gasteiger partial charge in [-0.05, 0) is 6.92 Å². The molecule has 0 atom stereocenters. The summed E-state index contributed by atoms with van der Waals surface area (Å²) in [6, 6.07) is 0. The Morgan fingerprint density at radius 2 is 2.07 bits per heavy atom. The van der Waals surface area contributed by atoms with Gasteiger partial charge in [0.2, 0.25) is 0 Å². The van der Waals surface area contributed by atoms with E-state index in [1.54, 1.807) is 6.92 Å². The summed E-state index contributed by atoms with van der Waals surface area (Å²) in [4.78, 5) is 11.0. The Hall–Kier alpha value is -0.370. The first kappa shape index (κ1) is 14.6. The first-order valence-electron chi connectivity index (χ1n) is 4.26. The van der Waals surface area contributed by atoms with Crippen molar-refractivity contribution >= 4 is 25.9 Å². The van der Waals surface area contributed by atoms with Crippen LogP contribution in [-0.4, -0.2) is 52.1 Å². The minimum absolute atomic E-state index is 0.0150. The van der Waals surface area contributed by atoms with Crippen molar-refractivity contribution in [3.8, 4) is 0 Å². The van der Waals surface area contributed by atoms with Gasteiger partial charge in [0.05, 0.1) is 13.2 Å². The van der Waals surface area contributed by atoms with Crippen molar-refractivity contribution < 1.29 is 22.7 Å². The van der Waals surface area contributed by atoms with Crippen LogP contribution in [0.2, 0.25) is 0 Å². The zero-order valence-corrected chi connectivity index (χ0v) is 10.2. The molecule has 0 aromatic rings. The normalized spacial score (nSPS) is 11.7. The highest BCUT2D eigenvalue weighted by Crippen LogP contribution is 2.05. The highest BCUT2D eigenvalue weighted by atomic mass is 35.7. The highest BCUT2D eigenvalue weighted by Gasteiger charge is 2.22. The fraction of sp³-hybridized carbons (Fsp3) is 0.857. The van der Waals surface area contributed by atoms with Gasteiger partial charge in [-0.15, -0.1) is 0 Å². The van der Waals surface area contributed by atoms with E-state index >= 15 is 0 Å².